The molecule has 4 nitrogen and oxygen atoms in total. The van der Waals surface area contributed by atoms with Crippen molar-refractivity contribution in [2.45, 2.75) is 122 Å². The van der Waals surface area contributed by atoms with Crippen molar-refractivity contribution in [1.29, 1.82) is 0 Å². The highest BCUT2D eigenvalue weighted by Gasteiger charge is 2.24. The third-order valence-electron chi connectivity index (χ3n) is 5.23. The molecule has 0 aliphatic carbocycles. The number of hydrogen-bond donors (Lipinski definition) is 1. The van der Waals surface area contributed by atoms with Crippen LogP contribution in [0.2, 0.25) is 0 Å². The second-order valence-electron chi connectivity index (χ2n) is 7.71. The summed E-state index contributed by atoms with van der Waals surface area (Å²) in [6.45, 7) is 3.12. The van der Waals surface area contributed by atoms with Crippen LogP contribution in [0.15, 0.2) is 0 Å². The summed E-state index contributed by atoms with van der Waals surface area (Å²) in [6.07, 6.45) is 22.2. The van der Waals surface area contributed by atoms with Crippen LogP contribution in [0.1, 0.15) is 110 Å². The molecule has 2 atom stereocenters. The predicted octanol–water partition coefficient (Wildman–Crippen LogP) is 6.14. The average molecular weight is 372 g/mol. The number of unbranched alkanes of at least 4 members (excludes halogenated alkanes) is 15. The van der Waals surface area contributed by atoms with Gasteiger partial charge in [0.05, 0.1) is 13.2 Å². The van der Waals surface area contributed by atoms with E-state index in [4.69, 9.17) is 14.2 Å². The maximum atomic E-state index is 5.57. The van der Waals surface area contributed by atoms with E-state index in [1.54, 1.807) is 0 Å². The van der Waals surface area contributed by atoms with Crippen LogP contribution in [-0.4, -0.2) is 33.0 Å². The van der Waals surface area contributed by atoms with Crippen molar-refractivity contribution < 1.29 is 14.2 Å². The lowest BCUT2D eigenvalue weighted by Gasteiger charge is -2.11. The number of nitrogens with one attached hydrogen (secondary N) is 1. The van der Waals surface area contributed by atoms with Crippen LogP contribution < -0.4 is 5.32 Å². The van der Waals surface area contributed by atoms with Crippen molar-refractivity contribution >= 4 is 0 Å². The van der Waals surface area contributed by atoms with Gasteiger partial charge in [-0.25, -0.2) is 0 Å². The van der Waals surface area contributed by atoms with Crippen molar-refractivity contribution in [2.24, 2.45) is 0 Å². The van der Waals surface area contributed by atoms with Gasteiger partial charge in [-0.3, -0.25) is 5.32 Å². The first-order chi connectivity index (χ1) is 12.9. The molecule has 1 heterocycles. The standard InChI is InChI=1S/C22H45NO3/c1-3-4-5-6-7-8-9-10-11-12-13-14-15-16-17-18-19-24-22-25-20-21(23-2)26-22/h21-23H,3-20H2,1-2H3. The molecule has 0 aromatic carbocycles. The minimum atomic E-state index is -0.469. The quantitative estimate of drug-likeness (QED) is 0.277. The van der Waals surface area contributed by atoms with Gasteiger partial charge in [0, 0.05) is 0 Å². The lowest BCUT2D eigenvalue weighted by atomic mass is 10.0. The van der Waals surface area contributed by atoms with Crippen molar-refractivity contribution in [1.82, 2.24) is 5.32 Å². The van der Waals surface area contributed by atoms with Crippen molar-refractivity contribution in [3.63, 3.8) is 0 Å². The molecule has 1 aliphatic heterocycles. The van der Waals surface area contributed by atoms with E-state index in [1.807, 2.05) is 7.05 Å². The second-order valence-corrected chi connectivity index (χ2v) is 7.71. The van der Waals surface area contributed by atoms with E-state index in [-0.39, 0.29) is 6.23 Å². The SMILES string of the molecule is CCCCCCCCCCCCCCCCCCOC1OCC(NC)O1. The molecule has 0 radical (unpaired) electrons. The Balaban J connectivity index is 1.67. The van der Waals surface area contributed by atoms with Crippen molar-refractivity contribution in [3.8, 4) is 0 Å². The zero-order valence-corrected chi connectivity index (χ0v) is 17.6. The van der Waals surface area contributed by atoms with Gasteiger partial charge in [-0.2, -0.15) is 0 Å². The fraction of sp³-hybridized carbons (Fsp3) is 1.00. The van der Waals surface area contributed by atoms with Crippen LogP contribution >= 0.6 is 0 Å². The molecular weight excluding hydrogens is 326 g/mol. The minimum Gasteiger partial charge on any atom is -0.330 e. The van der Waals surface area contributed by atoms with Gasteiger partial charge in [-0.15, -0.1) is 0 Å². The molecular formula is C22H45NO3. The Kier molecular flexibility index (Phi) is 16.7. The predicted molar refractivity (Wildman–Crippen MR) is 109 cm³/mol. The van der Waals surface area contributed by atoms with Gasteiger partial charge in [-0.1, -0.05) is 103 Å². The molecule has 1 aliphatic rings. The highest BCUT2D eigenvalue weighted by atomic mass is 16.9. The summed E-state index contributed by atoms with van der Waals surface area (Å²) < 4.78 is 16.4. The smallest absolute Gasteiger partial charge is 0.273 e. The summed E-state index contributed by atoms with van der Waals surface area (Å²) in [6, 6.07) is 0. The number of rotatable bonds is 19. The topological polar surface area (TPSA) is 39.7 Å². The van der Waals surface area contributed by atoms with Gasteiger partial charge in [0.1, 0.15) is 6.23 Å². The fourth-order valence-corrected chi connectivity index (χ4v) is 3.45. The normalized spacial score (nSPS) is 20.1. The largest absolute Gasteiger partial charge is 0.330 e. The van der Waals surface area contributed by atoms with Gasteiger partial charge in [0.25, 0.3) is 6.48 Å². The van der Waals surface area contributed by atoms with E-state index >= 15 is 0 Å². The molecule has 0 bridgehead atoms. The van der Waals surface area contributed by atoms with E-state index in [9.17, 15) is 0 Å². The van der Waals surface area contributed by atoms with E-state index < -0.39 is 6.48 Å². The summed E-state index contributed by atoms with van der Waals surface area (Å²) >= 11 is 0. The number of ether oxygens (including phenoxy) is 3. The molecule has 1 N–H and O–H groups in total. The Bertz CT molecular complexity index is 289. The molecule has 0 spiro atoms. The number of likely N-dealkylation sites (N-methyl/N-ethyl adjacent to an activating group) is 1. The molecule has 1 saturated heterocycles. The maximum Gasteiger partial charge on any atom is 0.273 e. The molecule has 2 unspecified atom stereocenters. The Labute approximate surface area is 162 Å². The third-order valence-corrected chi connectivity index (χ3v) is 5.23. The summed E-state index contributed by atoms with van der Waals surface area (Å²) in [7, 11) is 1.87. The van der Waals surface area contributed by atoms with Crippen molar-refractivity contribution in [2.75, 3.05) is 20.3 Å². The lowest BCUT2D eigenvalue weighted by Crippen LogP contribution is -2.27. The number of hydrogen-bond acceptors (Lipinski definition) is 4. The van der Waals surface area contributed by atoms with Gasteiger partial charge in [0.2, 0.25) is 0 Å². The maximum absolute atomic E-state index is 5.57. The lowest BCUT2D eigenvalue weighted by molar-refractivity contribution is -0.238. The summed E-state index contributed by atoms with van der Waals surface area (Å²) in [5, 5.41) is 3.02. The van der Waals surface area contributed by atoms with Gasteiger partial charge in [-0.05, 0) is 13.5 Å². The molecule has 1 rings (SSSR count). The zero-order valence-electron chi connectivity index (χ0n) is 17.6. The molecule has 0 saturated carbocycles. The molecule has 0 aromatic rings. The molecule has 156 valence electrons. The minimum absolute atomic E-state index is 0.0224. The Morgan fingerprint density at radius 1 is 0.731 bits per heavy atom. The van der Waals surface area contributed by atoms with Crippen LogP contribution in [0.25, 0.3) is 0 Å². The summed E-state index contributed by atoms with van der Waals surface area (Å²) in [5.74, 6) is 0. The average Bonchev–Trinajstić information content (AvgIpc) is 3.12. The van der Waals surface area contributed by atoms with E-state index in [0.29, 0.717) is 6.61 Å². The van der Waals surface area contributed by atoms with E-state index in [0.717, 1.165) is 13.0 Å². The van der Waals surface area contributed by atoms with Crippen LogP contribution in [0, 0.1) is 0 Å². The fourth-order valence-electron chi connectivity index (χ4n) is 3.45. The van der Waals surface area contributed by atoms with Crippen LogP contribution in [0.5, 0.6) is 0 Å². The van der Waals surface area contributed by atoms with Crippen LogP contribution in [0.4, 0.5) is 0 Å². The second kappa shape index (κ2) is 18.2. The highest BCUT2D eigenvalue weighted by Crippen LogP contribution is 2.14. The van der Waals surface area contributed by atoms with Gasteiger partial charge in [0.15, 0.2) is 0 Å². The van der Waals surface area contributed by atoms with Gasteiger partial charge >= 0.3 is 0 Å². The van der Waals surface area contributed by atoms with E-state index in [2.05, 4.69) is 12.2 Å². The molecule has 1 fully saturated rings. The van der Waals surface area contributed by atoms with Crippen molar-refractivity contribution in [3.05, 3.63) is 0 Å². The first-order valence-electron chi connectivity index (χ1n) is 11.4. The highest BCUT2D eigenvalue weighted by molar-refractivity contribution is 4.55. The molecule has 4 heteroatoms. The molecule has 0 aromatic heterocycles. The first-order valence-corrected chi connectivity index (χ1v) is 11.4. The van der Waals surface area contributed by atoms with Crippen LogP contribution in [0.3, 0.4) is 0 Å². The first kappa shape index (κ1) is 23.9. The summed E-state index contributed by atoms with van der Waals surface area (Å²) in [4.78, 5) is 0. The van der Waals surface area contributed by atoms with Crippen LogP contribution in [-0.2, 0) is 14.2 Å². The Morgan fingerprint density at radius 3 is 1.62 bits per heavy atom. The summed E-state index contributed by atoms with van der Waals surface area (Å²) in [5.41, 5.74) is 0. The van der Waals surface area contributed by atoms with Gasteiger partial charge < -0.3 is 14.2 Å². The Morgan fingerprint density at radius 2 is 1.19 bits per heavy atom. The monoisotopic (exact) mass is 371 g/mol. The van der Waals surface area contributed by atoms with E-state index in [1.165, 1.54) is 96.3 Å². The zero-order chi connectivity index (χ0) is 18.7. The molecule has 0 amide bonds. The Hall–Kier alpha value is -0.160. The molecule has 26 heavy (non-hydrogen) atoms. The third kappa shape index (κ3) is 14.0.